The standard InChI is InChI=1S/C15H22O2/c1-3-5-7-14(6-4-2)17-15-10-8-13(12-16)9-11-15/h8-12,14H,3-7H2,1-2H3. The fourth-order valence-electron chi connectivity index (χ4n) is 1.83. The molecule has 1 aromatic carbocycles. The summed E-state index contributed by atoms with van der Waals surface area (Å²) in [5.74, 6) is 0.866. The summed E-state index contributed by atoms with van der Waals surface area (Å²) in [7, 11) is 0. The van der Waals surface area contributed by atoms with Crippen molar-refractivity contribution in [1.82, 2.24) is 0 Å². The van der Waals surface area contributed by atoms with E-state index < -0.39 is 0 Å². The molecule has 2 nitrogen and oxygen atoms in total. The maximum atomic E-state index is 10.5. The van der Waals surface area contributed by atoms with E-state index in [1.165, 1.54) is 12.8 Å². The molecule has 0 spiro atoms. The van der Waals surface area contributed by atoms with Crippen molar-refractivity contribution in [3.05, 3.63) is 29.8 Å². The number of carbonyl (C=O) groups excluding carboxylic acids is 1. The highest BCUT2D eigenvalue weighted by molar-refractivity contribution is 5.74. The van der Waals surface area contributed by atoms with Gasteiger partial charge in [-0.25, -0.2) is 0 Å². The fourth-order valence-corrected chi connectivity index (χ4v) is 1.83. The molecule has 0 bridgehead atoms. The zero-order chi connectivity index (χ0) is 12.5. The minimum atomic E-state index is 0.307. The predicted octanol–water partition coefficient (Wildman–Crippen LogP) is 4.24. The van der Waals surface area contributed by atoms with Gasteiger partial charge in [-0.1, -0.05) is 33.1 Å². The van der Waals surface area contributed by atoms with Crippen LogP contribution in [0.5, 0.6) is 5.75 Å². The van der Waals surface area contributed by atoms with E-state index in [0.717, 1.165) is 31.3 Å². The third-order valence-corrected chi connectivity index (χ3v) is 2.81. The Balaban J connectivity index is 2.54. The molecule has 0 radical (unpaired) electrons. The molecule has 17 heavy (non-hydrogen) atoms. The summed E-state index contributed by atoms with van der Waals surface area (Å²) in [5, 5.41) is 0. The maximum absolute atomic E-state index is 10.5. The van der Waals surface area contributed by atoms with Crippen LogP contribution >= 0.6 is 0 Å². The molecule has 0 aliphatic rings. The monoisotopic (exact) mass is 234 g/mol. The Kier molecular flexibility index (Phi) is 6.38. The molecule has 2 heteroatoms. The summed E-state index contributed by atoms with van der Waals surface area (Å²) in [6, 6.07) is 7.34. The Morgan fingerprint density at radius 2 is 1.82 bits per heavy atom. The molecule has 0 fully saturated rings. The van der Waals surface area contributed by atoms with Crippen molar-refractivity contribution in [2.24, 2.45) is 0 Å². The van der Waals surface area contributed by atoms with Gasteiger partial charge >= 0.3 is 0 Å². The van der Waals surface area contributed by atoms with Crippen molar-refractivity contribution < 1.29 is 9.53 Å². The fraction of sp³-hybridized carbons (Fsp3) is 0.533. The normalized spacial score (nSPS) is 12.1. The number of benzene rings is 1. The van der Waals surface area contributed by atoms with Gasteiger partial charge in [0.05, 0.1) is 6.10 Å². The van der Waals surface area contributed by atoms with Crippen LogP contribution in [0.15, 0.2) is 24.3 Å². The molecule has 94 valence electrons. The molecule has 0 aromatic heterocycles. The Bertz CT molecular complexity index is 316. The highest BCUT2D eigenvalue weighted by Crippen LogP contribution is 2.18. The van der Waals surface area contributed by atoms with Gasteiger partial charge < -0.3 is 4.74 Å². The smallest absolute Gasteiger partial charge is 0.150 e. The van der Waals surface area contributed by atoms with E-state index in [0.29, 0.717) is 11.7 Å². The number of rotatable bonds is 8. The summed E-state index contributed by atoms with van der Waals surface area (Å²) in [4.78, 5) is 10.5. The number of hydrogen-bond donors (Lipinski definition) is 0. The highest BCUT2D eigenvalue weighted by atomic mass is 16.5. The zero-order valence-corrected chi connectivity index (χ0v) is 10.8. The molecular formula is C15H22O2. The highest BCUT2D eigenvalue weighted by Gasteiger charge is 2.08. The first-order chi connectivity index (χ1) is 8.30. The largest absolute Gasteiger partial charge is 0.490 e. The molecule has 0 saturated heterocycles. The lowest BCUT2D eigenvalue weighted by Crippen LogP contribution is -2.16. The summed E-state index contributed by atoms with van der Waals surface area (Å²) in [6.45, 7) is 4.37. The quantitative estimate of drug-likeness (QED) is 0.629. The van der Waals surface area contributed by atoms with Crippen LogP contribution in [0.1, 0.15) is 56.3 Å². The van der Waals surface area contributed by atoms with Gasteiger partial charge in [0.15, 0.2) is 0 Å². The second-order valence-electron chi connectivity index (χ2n) is 4.36. The van der Waals surface area contributed by atoms with Crippen molar-refractivity contribution >= 4 is 6.29 Å². The van der Waals surface area contributed by atoms with Gasteiger partial charge in [0, 0.05) is 5.56 Å². The van der Waals surface area contributed by atoms with Crippen LogP contribution in [0.25, 0.3) is 0 Å². The third-order valence-electron chi connectivity index (χ3n) is 2.81. The second-order valence-corrected chi connectivity index (χ2v) is 4.36. The van der Waals surface area contributed by atoms with Crippen molar-refractivity contribution in [3.8, 4) is 5.75 Å². The molecule has 0 saturated carbocycles. The average molecular weight is 234 g/mol. The van der Waals surface area contributed by atoms with Crippen LogP contribution in [0.3, 0.4) is 0 Å². The molecule has 0 aliphatic carbocycles. The summed E-state index contributed by atoms with van der Waals surface area (Å²) in [5.41, 5.74) is 0.693. The molecular weight excluding hydrogens is 212 g/mol. The lowest BCUT2D eigenvalue weighted by atomic mass is 10.1. The van der Waals surface area contributed by atoms with Gasteiger partial charge in [0.2, 0.25) is 0 Å². The van der Waals surface area contributed by atoms with Crippen molar-refractivity contribution in [1.29, 1.82) is 0 Å². The SMILES string of the molecule is CCCCC(CCC)Oc1ccc(C=O)cc1. The van der Waals surface area contributed by atoms with Crippen molar-refractivity contribution in [3.63, 3.8) is 0 Å². The third kappa shape index (κ3) is 5.03. The first-order valence-electron chi connectivity index (χ1n) is 6.52. The first-order valence-corrected chi connectivity index (χ1v) is 6.52. The first kappa shape index (κ1) is 13.8. The zero-order valence-electron chi connectivity index (χ0n) is 10.8. The molecule has 1 rings (SSSR count). The van der Waals surface area contributed by atoms with Gasteiger partial charge in [0.1, 0.15) is 12.0 Å². The van der Waals surface area contributed by atoms with E-state index >= 15 is 0 Å². The Hall–Kier alpha value is -1.31. The van der Waals surface area contributed by atoms with Crippen LogP contribution in [0.2, 0.25) is 0 Å². The minimum absolute atomic E-state index is 0.307. The Labute approximate surface area is 104 Å². The van der Waals surface area contributed by atoms with E-state index in [1.807, 2.05) is 12.1 Å². The molecule has 0 amide bonds. The lowest BCUT2D eigenvalue weighted by molar-refractivity contribution is 0.112. The number of hydrogen-bond acceptors (Lipinski definition) is 2. The van der Waals surface area contributed by atoms with Gasteiger partial charge in [-0.3, -0.25) is 4.79 Å². The Morgan fingerprint density at radius 3 is 2.35 bits per heavy atom. The average Bonchev–Trinajstić information content (AvgIpc) is 2.37. The summed E-state index contributed by atoms with van der Waals surface area (Å²) in [6.07, 6.45) is 6.91. The van der Waals surface area contributed by atoms with Gasteiger partial charge in [-0.2, -0.15) is 0 Å². The number of aldehydes is 1. The summed E-state index contributed by atoms with van der Waals surface area (Å²) < 4.78 is 5.94. The Morgan fingerprint density at radius 1 is 1.12 bits per heavy atom. The number of carbonyl (C=O) groups is 1. The predicted molar refractivity (Wildman–Crippen MR) is 70.7 cm³/mol. The molecule has 0 aliphatic heterocycles. The molecule has 1 aromatic rings. The van der Waals surface area contributed by atoms with Crippen LogP contribution in [0, 0.1) is 0 Å². The molecule has 1 atom stereocenters. The maximum Gasteiger partial charge on any atom is 0.150 e. The lowest BCUT2D eigenvalue weighted by Gasteiger charge is -2.18. The molecule has 0 N–H and O–H groups in total. The van der Waals surface area contributed by atoms with Gasteiger partial charge in [-0.15, -0.1) is 0 Å². The number of unbranched alkanes of at least 4 members (excludes halogenated alkanes) is 1. The molecule has 0 heterocycles. The van der Waals surface area contributed by atoms with Crippen LogP contribution in [-0.2, 0) is 0 Å². The number of ether oxygens (including phenoxy) is 1. The second kappa shape index (κ2) is 7.88. The minimum Gasteiger partial charge on any atom is -0.490 e. The summed E-state index contributed by atoms with van der Waals surface area (Å²) >= 11 is 0. The van der Waals surface area contributed by atoms with Crippen molar-refractivity contribution in [2.75, 3.05) is 0 Å². The van der Waals surface area contributed by atoms with Crippen LogP contribution < -0.4 is 4.74 Å². The van der Waals surface area contributed by atoms with Gasteiger partial charge in [-0.05, 0) is 37.1 Å². The van der Waals surface area contributed by atoms with Gasteiger partial charge in [0.25, 0.3) is 0 Å². The van der Waals surface area contributed by atoms with E-state index in [4.69, 9.17) is 4.74 Å². The van der Waals surface area contributed by atoms with E-state index in [9.17, 15) is 4.79 Å². The van der Waals surface area contributed by atoms with E-state index in [2.05, 4.69) is 13.8 Å². The van der Waals surface area contributed by atoms with E-state index in [1.54, 1.807) is 12.1 Å². The van der Waals surface area contributed by atoms with Crippen LogP contribution in [-0.4, -0.2) is 12.4 Å². The molecule has 1 unspecified atom stereocenters. The van der Waals surface area contributed by atoms with Crippen molar-refractivity contribution in [2.45, 2.75) is 52.1 Å². The van der Waals surface area contributed by atoms with Crippen LogP contribution in [0.4, 0.5) is 0 Å². The van der Waals surface area contributed by atoms with E-state index in [-0.39, 0.29) is 0 Å². The topological polar surface area (TPSA) is 26.3 Å².